The fraction of sp³-hybridized carbons (Fsp3) is 0.857. The van der Waals surface area contributed by atoms with Gasteiger partial charge in [0.15, 0.2) is 0 Å². The van der Waals surface area contributed by atoms with E-state index in [1.54, 1.807) is 6.26 Å². The van der Waals surface area contributed by atoms with Gasteiger partial charge in [0.2, 0.25) is 0 Å². The van der Waals surface area contributed by atoms with Gasteiger partial charge in [-0.15, -0.1) is 0 Å². The lowest BCUT2D eigenvalue weighted by atomic mass is 10.5. The molecule has 0 bridgehead atoms. The maximum absolute atomic E-state index is 11.0. The Hall–Kier alpha value is -0.0200. The monoisotopic (exact) mass is 164 g/mol. The normalized spacial score (nSPS) is 17.2. The van der Waals surface area contributed by atoms with Crippen molar-refractivity contribution in [1.29, 1.82) is 0 Å². The zero-order valence-electron chi connectivity index (χ0n) is 6.92. The predicted octanol–water partition coefficient (Wildman–Crippen LogP) is 0.758. The predicted molar refractivity (Wildman–Crippen MR) is 47.1 cm³/mol. The molecule has 0 spiro atoms. The van der Waals surface area contributed by atoms with Crippen molar-refractivity contribution >= 4 is 15.4 Å². The number of hydrogen-bond acceptors (Lipinski definition) is 2. The Balaban J connectivity index is 3.39. The molecule has 0 radical (unpaired) electrons. The Morgan fingerprint density at radius 1 is 1.60 bits per heavy atom. The summed E-state index contributed by atoms with van der Waals surface area (Å²) < 4.78 is 16.2. The molecule has 3 heteroatoms. The molecule has 0 rings (SSSR count). The van der Waals surface area contributed by atoms with Gasteiger partial charge < -0.3 is 4.74 Å². The Kier molecular flexibility index (Phi) is 3.98. The van der Waals surface area contributed by atoms with E-state index in [0.29, 0.717) is 12.4 Å². The summed E-state index contributed by atoms with van der Waals surface area (Å²) in [5, 5.41) is 0. The molecule has 1 atom stereocenters. The van der Waals surface area contributed by atoms with Gasteiger partial charge in [-0.25, -0.2) is 0 Å². The van der Waals surface area contributed by atoms with E-state index in [2.05, 4.69) is 5.87 Å². The Morgan fingerprint density at radius 3 is 2.40 bits per heavy atom. The number of rotatable bonds is 4. The first-order chi connectivity index (χ1) is 4.42. The van der Waals surface area contributed by atoms with Crippen molar-refractivity contribution < 1.29 is 8.95 Å². The first kappa shape index (κ1) is 9.98. The molecule has 0 saturated carbocycles. The maximum atomic E-state index is 11.0. The van der Waals surface area contributed by atoms with Crippen LogP contribution in [0.5, 0.6) is 0 Å². The average molecular weight is 164 g/mol. The molecular weight excluding hydrogens is 148 g/mol. The van der Waals surface area contributed by atoms with Gasteiger partial charge in [-0.3, -0.25) is 4.21 Å². The first-order valence-electron chi connectivity index (χ1n) is 3.33. The van der Waals surface area contributed by atoms with Crippen LogP contribution >= 0.6 is 0 Å². The van der Waals surface area contributed by atoms with Crippen LogP contribution < -0.4 is 0 Å². The minimum Gasteiger partial charge on any atom is -0.378 e. The highest BCUT2D eigenvalue weighted by Crippen LogP contribution is 1.89. The van der Waals surface area contributed by atoms with Crippen molar-refractivity contribution in [2.24, 2.45) is 0 Å². The molecule has 0 fully saturated rings. The third-order valence-corrected chi connectivity index (χ3v) is 2.00. The van der Waals surface area contributed by atoms with Gasteiger partial charge in [-0.1, -0.05) is 0 Å². The second-order valence-electron chi connectivity index (χ2n) is 2.81. The molecule has 0 aliphatic rings. The summed E-state index contributed by atoms with van der Waals surface area (Å²) in [6, 6.07) is 0. The molecule has 0 heterocycles. The second-order valence-corrected chi connectivity index (χ2v) is 5.58. The van der Waals surface area contributed by atoms with Crippen molar-refractivity contribution in [1.82, 2.24) is 0 Å². The molecule has 2 nitrogen and oxygen atoms in total. The Labute approximate surface area is 63.6 Å². The van der Waals surface area contributed by atoms with Crippen molar-refractivity contribution in [3.63, 3.8) is 0 Å². The van der Waals surface area contributed by atoms with E-state index < -0.39 is 9.52 Å². The highest BCUT2D eigenvalue weighted by atomic mass is 32.2. The zero-order chi connectivity index (χ0) is 8.20. The van der Waals surface area contributed by atoms with Gasteiger partial charge in [-0.2, -0.15) is 0 Å². The summed E-state index contributed by atoms with van der Waals surface area (Å²) in [6.07, 6.45) is 1.87. The lowest BCUT2D eigenvalue weighted by Gasteiger charge is -2.07. The Morgan fingerprint density at radius 2 is 2.10 bits per heavy atom. The zero-order valence-corrected chi connectivity index (χ0v) is 7.74. The van der Waals surface area contributed by atoms with E-state index in [1.807, 2.05) is 13.8 Å². The third-order valence-electron chi connectivity index (χ3n) is 0.966. The molecule has 10 heavy (non-hydrogen) atoms. The molecule has 62 valence electrons. The molecule has 0 N–H and O–H groups in total. The van der Waals surface area contributed by atoms with E-state index in [-0.39, 0.29) is 6.10 Å². The van der Waals surface area contributed by atoms with E-state index in [4.69, 9.17) is 4.74 Å². The lowest BCUT2D eigenvalue weighted by molar-refractivity contribution is 0.0916. The molecule has 0 saturated heterocycles. The van der Waals surface area contributed by atoms with Crippen LogP contribution in [0.2, 0.25) is 0 Å². The molecule has 0 aromatic heterocycles. The maximum Gasteiger partial charge on any atom is 0.0579 e. The van der Waals surface area contributed by atoms with E-state index in [9.17, 15) is 4.21 Å². The van der Waals surface area contributed by atoms with Gasteiger partial charge in [0.1, 0.15) is 0 Å². The summed E-state index contributed by atoms with van der Waals surface area (Å²) in [5.41, 5.74) is 0. The van der Waals surface area contributed by atoms with Crippen LogP contribution in [0.4, 0.5) is 0 Å². The van der Waals surface area contributed by atoms with Gasteiger partial charge in [0.05, 0.1) is 12.7 Å². The van der Waals surface area contributed by atoms with Crippen molar-refractivity contribution in [2.75, 3.05) is 18.6 Å². The quantitative estimate of drug-likeness (QED) is 0.573. The van der Waals surface area contributed by atoms with E-state index in [0.717, 1.165) is 0 Å². The minimum absolute atomic E-state index is 0.224. The smallest absolute Gasteiger partial charge is 0.0579 e. The number of ether oxygens (including phenoxy) is 1. The van der Waals surface area contributed by atoms with E-state index in [1.165, 1.54) is 0 Å². The Bertz CT molecular complexity index is 168. The SMILES string of the molecule is C=S(C)(=O)CCOC(C)C. The summed E-state index contributed by atoms with van der Waals surface area (Å²) in [5.74, 6) is 4.08. The van der Waals surface area contributed by atoms with Gasteiger partial charge in [0, 0.05) is 12.0 Å². The van der Waals surface area contributed by atoms with Gasteiger partial charge >= 0.3 is 0 Å². The molecule has 0 aliphatic carbocycles. The third kappa shape index (κ3) is 7.98. The highest BCUT2D eigenvalue weighted by Gasteiger charge is 1.96. The molecule has 0 amide bonds. The van der Waals surface area contributed by atoms with Crippen LogP contribution in [0.15, 0.2) is 0 Å². The molecule has 0 aromatic rings. The summed E-state index contributed by atoms with van der Waals surface area (Å²) in [4.78, 5) is 0. The van der Waals surface area contributed by atoms with Crippen LogP contribution in [0.3, 0.4) is 0 Å². The van der Waals surface area contributed by atoms with Crippen molar-refractivity contribution in [3.8, 4) is 0 Å². The van der Waals surface area contributed by atoms with E-state index >= 15 is 0 Å². The summed E-state index contributed by atoms with van der Waals surface area (Å²) in [7, 11) is -1.84. The molecular formula is C7H16O2S. The average Bonchev–Trinajstić information content (AvgIpc) is 1.59. The van der Waals surface area contributed by atoms with Crippen LogP contribution in [0.1, 0.15) is 13.8 Å². The fourth-order valence-corrected chi connectivity index (χ4v) is 0.909. The molecule has 0 aliphatic heterocycles. The summed E-state index contributed by atoms with van der Waals surface area (Å²) >= 11 is 0. The van der Waals surface area contributed by atoms with Gasteiger partial charge in [0.25, 0.3) is 0 Å². The van der Waals surface area contributed by atoms with Crippen LogP contribution in [0.25, 0.3) is 0 Å². The highest BCUT2D eigenvalue weighted by molar-refractivity contribution is 7.99. The van der Waals surface area contributed by atoms with Crippen LogP contribution in [-0.2, 0) is 14.3 Å². The van der Waals surface area contributed by atoms with Crippen molar-refractivity contribution in [3.05, 3.63) is 0 Å². The lowest BCUT2D eigenvalue weighted by Crippen LogP contribution is -2.13. The van der Waals surface area contributed by atoms with Crippen LogP contribution in [-0.4, -0.2) is 34.8 Å². The summed E-state index contributed by atoms with van der Waals surface area (Å²) in [6.45, 7) is 4.47. The first-order valence-corrected chi connectivity index (χ1v) is 5.64. The molecule has 1 unspecified atom stereocenters. The fourth-order valence-electron chi connectivity index (χ4n) is 0.460. The molecule has 0 aromatic carbocycles. The van der Waals surface area contributed by atoms with Gasteiger partial charge in [-0.05, 0) is 29.2 Å². The van der Waals surface area contributed by atoms with Crippen LogP contribution in [0, 0.1) is 0 Å². The number of hydrogen-bond donors (Lipinski definition) is 0. The van der Waals surface area contributed by atoms with Crippen molar-refractivity contribution in [2.45, 2.75) is 20.0 Å². The standard InChI is InChI=1S/C7H16O2S/c1-7(2)9-5-6-10(3,4)8/h7H,3,5-6H2,1-2,4H3. The second kappa shape index (κ2) is 3.98. The topological polar surface area (TPSA) is 26.3 Å². The largest absolute Gasteiger partial charge is 0.378 e. The minimum atomic E-state index is -1.84.